The molecule has 0 spiro atoms. The Balaban J connectivity index is 2.26. The lowest BCUT2D eigenvalue weighted by Gasteiger charge is -2.25. The molecule has 0 bridgehead atoms. The van der Waals surface area contributed by atoms with Crippen LogP contribution in [0.15, 0.2) is 12.7 Å². The summed E-state index contributed by atoms with van der Waals surface area (Å²) in [5.74, 6) is 1.02. The van der Waals surface area contributed by atoms with Crippen LogP contribution in [0.25, 0.3) is 0 Å². The molecule has 0 atom stereocenters. The van der Waals surface area contributed by atoms with Crippen LogP contribution in [0.4, 0.5) is 0 Å². The Kier molecular flexibility index (Phi) is 4.13. The van der Waals surface area contributed by atoms with Gasteiger partial charge in [0.1, 0.15) is 0 Å². The van der Waals surface area contributed by atoms with Gasteiger partial charge >= 0.3 is 0 Å². The van der Waals surface area contributed by atoms with Crippen molar-refractivity contribution in [2.75, 3.05) is 12.9 Å². The van der Waals surface area contributed by atoms with Crippen LogP contribution in [-0.2, 0) is 14.3 Å². The van der Waals surface area contributed by atoms with E-state index in [4.69, 9.17) is 4.18 Å². The van der Waals surface area contributed by atoms with Gasteiger partial charge in [-0.25, -0.2) is 0 Å². The van der Waals surface area contributed by atoms with Crippen molar-refractivity contribution >= 4 is 10.1 Å². The highest BCUT2D eigenvalue weighted by atomic mass is 32.2. The minimum absolute atomic E-state index is 0.350. The van der Waals surface area contributed by atoms with Gasteiger partial charge in [0.2, 0.25) is 0 Å². The Morgan fingerprint density at radius 2 is 1.93 bits per heavy atom. The second-order valence-electron chi connectivity index (χ2n) is 4.01. The smallest absolute Gasteiger partial charge is 0.264 e. The molecule has 0 N–H and O–H groups in total. The van der Waals surface area contributed by atoms with Gasteiger partial charge in [0.15, 0.2) is 0 Å². The van der Waals surface area contributed by atoms with Crippen molar-refractivity contribution < 1.29 is 12.6 Å². The van der Waals surface area contributed by atoms with Gasteiger partial charge in [0.25, 0.3) is 10.1 Å². The SMILES string of the molecule is C=CC1CCC(COS(C)(=O)=O)CC1. The van der Waals surface area contributed by atoms with Gasteiger partial charge in [-0.2, -0.15) is 8.42 Å². The van der Waals surface area contributed by atoms with Gasteiger partial charge in [-0.15, -0.1) is 6.58 Å². The molecule has 82 valence electrons. The number of hydrogen-bond donors (Lipinski definition) is 0. The lowest BCUT2D eigenvalue weighted by atomic mass is 9.83. The van der Waals surface area contributed by atoms with Gasteiger partial charge < -0.3 is 0 Å². The predicted octanol–water partition coefficient (Wildman–Crippen LogP) is 1.96. The average Bonchev–Trinajstić information content (AvgIpc) is 2.14. The second-order valence-corrected chi connectivity index (χ2v) is 5.65. The van der Waals surface area contributed by atoms with Crippen LogP contribution in [0.1, 0.15) is 25.7 Å². The largest absolute Gasteiger partial charge is 0.270 e. The van der Waals surface area contributed by atoms with Crippen LogP contribution in [0, 0.1) is 11.8 Å². The summed E-state index contributed by atoms with van der Waals surface area (Å²) in [6.45, 7) is 4.12. The zero-order chi connectivity index (χ0) is 10.6. The van der Waals surface area contributed by atoms with Gasteiger partial charge in [-0.05, 0) is 37.5 Å². The Hall–Kier alpha value is -0.350. The molecule has 3 nitrogen and oxygen atoms in total. The lowest BCUT2D eigenvalue weighted by Crippen LogP contribution is -2.19. The number of rotatable bonds is 4. The van der Waals surface area contributed by atoms with E-state index in [1.165, 1.54) is 0 Å². The van der Waals surface area contributed by atoms with E-state index in [1.54, 1.807) is 0 Å². The summed E-state index contributed by atoms with van der Waals surface area (Å²) >= 11 is 0. The maximum Gasteiger partial charge on any atom is 0.264 e. The van der Waals surface area contributed by atoms with E-state index in [9.17, 15) is 8.42 Å². The van der Waals surface area contributed by atoms with E-state index in [2.05, 4.69) is 6.58 Å². The third-order valence-electron chi connectivity index (χ3n) is 2.74. The van der Waals surface area contributed by atoms with Crippen molar-refractivity contribution in [3.8, 4) is 0 Å². The van der Waals surface area contributed by atoms with Crippen molar-refractivity contribution in [3.63, 3.8) is 0 Å². The average molecular weight is 218 g/mol. The van der Waals surface area contributed by atoms with Crippen molar-refractivity contribution in [2.45, 2.75) is 25.7 Å². The quantitative estimate of drug-likeness (QED) is 0.535. The monoisotopic (exact) mass is 218 g/mol. The highest BCUT2D eigenvalue weighted by Gasteiger charge is 2.20. The standard InChI is InChI=1S/C10H18O3S/c1-3-9-4-6-10(7-5-9)8-13-14(2,11)12/h3,9-10H,1,4-8H2,2H3. The Morgan fingerprint density at radius 3 is 2.36 bits per heavy atom. The molecule has 1 aliphatic rings. The Labute approximate surface area is 86.3 Å². The normalized spacial score (nSPS) is 28.6. The van der Waals surface area contributed by atoms with Crippen molar-refractivity contribution in [1.29, 1.82) is 0 Å². The molecule has 1 saturated carbocycles. The van der Waals surface area contributed by atoms with E-state index in [0.717, 1.165) is 31.9 Å². The molecule has 0 radical (unpaired) electrons. The molecule has 0 aromatic carbocycles. The summed E-state index contributed by atoms with van der Waals surface area (Å²) < 4.78 is 26.3. The first-order valence-electron chi connectivity index (χ1n) is 4.98. The summed E-state index contributed by atoms with van der Waals surface area (Å²) in [5, 5.41) is 0. The van der Waals surface area contributed by atoms with Gasteiger partial charge in [0.05, 0.1) is 12.9 Å². The zero-order valence-corrected chi connectivity index (χ0v) is 9.42. The fourth-order valence-corrected chi connectivity index (χ4v) is 2.25. The molecule has 4 heteroatoms. The first-order chi connectivity index (χ1) is 6.51. The van der Waals surface area contributed by atoms with Crippen LogP contribution in [0.5, 0.6) is 0 Å². The van der Waals surface area contributed by atoms with Crippen molar-refractivity contribution in [3.05, 3.63) is 12.7 Å². The molecule has 0 saturated heterocycles. The summed E-state index contributed by atoms with van der Waals surface area (Å²) in [6.07, 6.45) is 7.41. The molecule has 0 amide bonds. The highest BCUT2D eigenvalue weighted by Crippen LogP contribution is 2.29. The summed E-state index contributed by atoms with van der Waals surface area (Å²) in [7, 11) is -3.26. The topological polar surface area (TPSA) is 43.4 Å². The van der Waals surface area contributed by atoms with Crippen LogP contribution >= 0.6 is 0 Å². The molecule has 14 heavy (non-hydrogen) atoms. The molecule has 0 unspecified atom stereocenters. The number of allylic oxidation sites excluding steroid dienone is 1. The fraction of sp³-hybridized carbons (Fsp3) is 0.800. The second kappa shape index (κ2) is 4.94. The van der Waals surface area contributed by atoms with Crippen LogP contribution in [0.2, 0.25) is 0 Å². The van der Waals surface area contributed by atoms with Crippen LogP contribution in [-0.4, -0.2) is 21.3 Å². The third-order valence-corrected chi connectivity index (χ3v) is 3.31. The van der Waals surface area contributed by atoms with Gasteiger partial charge in [0, 0.05) is 0 Å². The lowest BCUT2D eigenvalue weighted by molar-refractivity contribution is 0.200. The maximum atomic E-state index is 10.8. The summed E-state index contributed by atoms with van der Waals surface area (Å²) in [5.41, 5.74) is 0. The van der Waals surface area contributed by atoms with Crippen LogP contribution < -0.4 is 0 Å². The fourth-order valence-electron chi connectivity index (χ4n) is 1.81. The first kappa shape index (κ1) is 11.7. The highest BCUT2D eigenvalue weighted by molar-refractivity contribution is 7.85. The summed E-state index contributed by atoms with van der Waals surface area (Å²) in [4.78, 5) is 0. The molecule has 0 aromatic rings. The number of hydrogen-bond acceptors (Lipinski definition) is 3. The van der Waals surface area contributed by atoms with Gasteiger partial charge in [-0.1, -0.05) is 6.08 Å². The molecular formula is C10H18O3S. The molecule has 1 rings (SSSR count). The zero-order valence-electron chi connectivity index (χ0n) is 8.61. The molecule has 0 aromatic heterocycles. The summed E-state index contributed by atoms with van der Waals surface area (Å²) in [6, 6.07) is 0. The predicted molar refractivity (Wildman–Crippen MR) is 56.4 cm³/mol. The minimum atomic E-state index is -3.26. The van der Waals surface area contributed by atoms with E-state index < -0.39 is 10.1 Å². The van der Waals surface area contributed by atoms with Crippen molar-refractivity contribution in [1.82, 2.24) is 0 Å². The van der Waals surface area contributed by atoms with Crippen molar-refractivity contribution in [2.24, 2.45) is 11.8 Å². The molecule has 1 aliphatic carbocycles. The Bertz CT molecular complexity index is 274. The molecule has 0 aliphatic heterocycles. The molecule has 0 heterocycles. The minimum Gasteiger partial charge on any atom is -0.270 e. The maximum absolute atomic E-state index is 10.8. The van der Waals surface area contributed by atoms with E-state index in [-0.39, 0.29) is 0 Å². The first-order valence-corrected chi connectivity index (χ1v) is 6.80. The van der Waals surface area contributed by atoms with Gasteiger partial charge in [-0.3, -0.25) is 4.18 Å². The third kappa shape index (κ3) is 4.24. The molecule has 1 fully saturated rings. The van der Waals surface area contributed by atoms with E-state index in [0.29, 0.717) is 18.4 Å². The van der Waals surface area contributed by atoms with Crippen LogP contribution in [0.3, 0.4) is 0 Å². The molecular weight excluding hydrogens is 200 g/mol. The van der Waals surface area contributed by atoms with E-state index in [1.807, 2.05) is 6.08 Å². The Morgan fingerprint density at radius 1 is 1.36 bits per heavy atom. The van der Waals surface area contributed by atoms with E-state index >= 15 is 0 Å².